The van der Waals surface area contributed by atoms with Gasteiger partial charge >= 0.3 is 0 Å². The molecule has 0 aliphatic rings. The molecule has 0 bridgehead atoms. The first-order valence-corrected chi connectivity index (χ1v) is 8.29. The van der Waals surface area contributed by atoms with Gasteiger partial charge in [0.25, 0.3) is 0 Å². The van der Waals surface area contributed by atoms with Crippen molar-refractivity contribution in [3.05, 3.63) is 72.3 Å². The Morgan fingerprint density at radius 3 is 2.63 bits per heavy atom. The molecule has 0 aliphatic carbocycles. The summed E-state index contributed by atoms with van der Waals surface area (Å²) in [5.74, 6) is 0.713. The number of benzene rings is 1. The molecule has 1 aromatic carbocycles. The van der Waals surface area contributed by atoms with Gasteiger partial charge in [-0.1, -0.05) is 12.1 Å². The van der Waals surface area contributed by atoms with E-state index in [2.05, 4.69) is 25.4 Å². The van der Waals surface area contributed by atoms with Crippen molar-refractivity contribution in [2.75, 3.05) is 11.9 Å². The van der Waals surface area contributed by atoms with E-state index in [1.165, 1.54) is 16.9 Å². The van der Waals surface area contributed by atoms with Crippen LogP contribution in [-0.2, 0) is 0 Å². The topological polar surface area (TPSA) is 72.6 Å². The molecule has 0 radical (unpaired) electrons. The molecule has 7 nitrogen and oxygen atoms in total. The van der Waals surface area contributed by atoms with Crippen LogP contribution in [0.4, 0.5) is 15.9 Å². The molecule has 0 saturated carbocycles. The van der Waals surface area contributed by atoms with Crippen molar-refractivity contribution in [3.63, 3.8) is 0 Å². The molecule has 0 saturated heterocycles. The molecule has 8 heteroatoms. The lowest BCUT2D eigenvalue weighted by atomic mass is 10.2. The lowest BCUT2D eigenvalue weighted by Crippen LogP contribution is -2.13. The average Bonchev–Trinajstić information content (AvgIpc) is 3.18. The van der Waals surface area contributed by atoms with Crippen LogP contribution in [0.2, 0.25) is 0 Å². The first-order valence-electron chi connectivity index (χ1n) is 8.29. The summed E-state index contributed by atoms with van der Waals surface area (Å²) in [6, 6.07) is 13.8. The molecule has 134 valence electrons. The van der Waals surface area contributed by atoms with Crippen LogP contribution in [0.3, 0.4) is 0 Å². The van der Waals surface area contributed by atoms with Crippen LogP contribution in [-0.4, -0.2) is 37.2 Å². The summed E-state index contributed by atoms with van der Waals surface area (Å²) in [4.78, 5) is 11.7. The fraction of sp³-hybridized carbons (Fsp3) is 0.105. The number of tetrazole rings is 1. The van der Waals surface area contributed by atoms with E-state index < -0.39 is 5.82 Å². The van der Waals surface area contributed by atoms with E-state index in [1.54, 1.807) is 24.5 Å². The molecule has 0 aliphatic heterocycles. The second-order valence-electron chi connectivity index (χ2n) is 5.99. The Morgan fingerprint density at radius 2 is 1.85 bits per heavy atom. The van der Waals surface area contributed by atoms with Crippen LogP contribution < -0.4 is 4.90 Å². The number of anilines is 2. The van der Waals surface area contributed by atoms with E-state index in [0.717, 1.165) is 11.4 Å². The zero-order valence-electron chi connectivity index (χ0n) is 14.8. The largest absolute Gasteiger partial charge is 0.329 e. The van der Waals surface area contributed by atoms with Crippen molar-refractivity contribution >= 4 is 11.5 Å². The second-order valence-corrected chi connectivity index (χ2v) is 5.99. The van der Waals surface area contributed by atoms with Crippen LogP contribution >= 0.6 is 0 Å². The van der Waals surface area contributed by atoms with Crippen LogP contribution in [0.1, 0.15) is 5.56 Å². The molecule has 0 N–H and O–H groups in total. The summed E-state index contributed by atoms with van der Waals surface area (Å²) in [5, 5.41) is 12.4. The summed E-state index contributed by atoms with van der Waals surface area (Å²) in [6.45, 7) is 1.96. The lowest BCUT2D eigenvalue weighted by molar-refractivity contribution is 0.621. The highest BCUT2D eigenvalue weighted by atomic mass is 19.1. The van der Waals surface area contributed by atoms with Gasteiger partial charge in [-0.25, -0.2) is 9.37 Å². The van der Waals surface area contributed by atoms with Crippen LogP contribution in [0.25, 0.3) is 17.2 Å². The minimum absolute atomic E-state index is 0.371. The molecule has 0 fully saturated rings. The standard InChI is InChI=1S/C19H16FN7/c1-13-6-5-9-22-19(13)26(2)15-10-14(20)11-16(12-15)27-24-18(23-25-27)17-7-3-4-8-21-17/h3-12H,1-2H3. The quantitative estimate of drug-likeness (QED) is 0.555. The van der Waals surface area contributed by atoms with E-state index in [-0.39, 0.29) is 0 Å². The van der Waals surface area contributed by atoms with Gasteiger partial charge in [-0.3, -0.25) is 4.98 Å². The monoisotopic (exact) mass is 361 g/mol. The van der Waals surface area contributed by atoms with E-state index in [1.807, 2.05) is 43.1 Å². The SMILES string of the molecule is Cc1cccnc1N(C)c1cc(F)cc(-n2nnc(-c3ccccn3)n2)c1. The Balaban J connectivity index is 1.71. The fourth-order valence-corrected chi connectivity index (χ4v) is 2.74. The minimum atomic E-state index is -0.403. The summed E-state index contributed by atoms with van der Waals surface area (Å²) in [5.41, 5.74) is 2.67. The number of aryl methyl sites for hydroxylation is 1. The van der Waals surface area contributed by atoms with Crippen molar-refractivity contribution < 1.29 is 4.39 Å². The van der Waals surface area contributed by atoms with E-state index in [0.29, 0.717) is 22.9 Å². The predicted molar refractivity (Wildman–Crippen MR) is 99.4 cm³/mol. The third kappa shape index (κ3) is 3.37. The zero-order valence-corrected chi connectivity index (χ0v) is 14.8. The number of hydrogen-bond acceptors (Lipinski definition) is 6. The van der Waals surface area contributed by atoms with Gasteiger partial charge in [0.05, 0.1) is 5.69 Å². The molecule has 4 aromatic rings. The molecular weight excluding hydrogens is 345 g/mol. The predicted octanol–water partition coefficient (Wildman–Crippen LogP) is 3.33. The summed E-state index contributed by atoms with van der Waals surface area (Å²) in [7, 11) is 1.84. The maximum atomic E-state index is 14.3. The number of rotatable bonds is 4. The van der Waals surface area contributed by atoms with Crippen molar-refractivity contribution in [1.29, 1.82) is 0 Å². The molecule has 3 heterocycles. The Bertz CT molecular complexity index is 1080. The van der Waals surface area contributed by atoms with E-state index in [4.69, 9.17) is 0 Å². The number of hydrogen-bond donors (Lipinski definition) is 0. The maximum Gasteiger partial charge on any atom is 0.223 e. The maximum absolute atomic E-state index is 14.3. The minimum Gasteiger partial charge on any atom is -0.329 e. The molecule has 0 atom stereocenters. The normalized spacial score (nSPS) is 10.8. The van der Waals surface area contributed by atoms with Gasteiger partial charge in [0.15, 0.2) is 0 Å². The molecular formula is C19H16FN7. The van der Waals surface area contributed by atoms with Crippen LogP contribution in [0.5, 0.6) is 0 Å². The van der Waals surface area contributed by atoms with Gasteiger partial charge in [-0.15, -0.1) is 15.0 Å². The van der Waals surface area contributed by atoms with Crippen molar-refractivity contribution in [1.82, 2.24) is 30.2 Å². The van der Waals surface area contributed by atoms with Crippen LogP contribution in [0.15, 0.2) is 60.9 Å². The van der Waals surface area contributed by atoms with Gasteiger partial charge in [-0.2, -0.15) is 0 Å². The van der Waals surface area contributed by atoms with Crippen molar-refractivity contribution in [2.45, 2.75) is 6.92 Å². The summed E-state index contributed by atoms with van der Waals surface area (Å²) in [6.07, 6.45) is 3.36. The third-order valence-corrected chi connectivity index (χ3v) is 4.09. The Kier molecular flexibility index (Phi) is 4.29. The van der Waals surface area contributed by atoms with E-state index in [9.17, 15) is 4.39 Å². The molecule has 3 aromatic heterocycles. The highest BCUT2D eigenvalue weighted by Gasteiger charge is 2.14. The number of halogens is 1. The molecule has 27 heavy (non-hydrogen) atoms. The fourth-order valence-electron chi connectivity index (χ4n) is 2.74. The molecule has 0 spiro atoms. The molecule has 4 rings (SSSR count). The number of nitrogens with zero attached hydrogens (tertiary/aromatic N) is 7. The van der Waals surface area contributed by atoms with Crippen molar-refractivity contribution in [2.24, 2.45) is 0 Å². The Morgan fingerprint density at radius 1 is 1.00 bits per heavy atom. The summed E-state index contributed by atoms with van der Waals surface area (Å²) < 4.78 is 14.3. The molecule has 0 unspecified atom stereocenters. The van der Waals surface area contributed by atoms with Gasteiger partial charge in [0, 0.05) is 31.2 Å². The van der Waals surface area contributed by atoms with Gasteiger partial charge in [0.2, 0.25) is 5.82 Å². The van der Waals surface area contributed by atoms with Gasteiger partial charge < -0.3 is 4.90 Å². The number of aromatic nitrogens is 6. The van der Waals surface area contributed by atoms with Crippen molar-refractivity contribution in [3.8, 4) is 17.2 Å². The lowest BCUT2D eigenvalue weighted by Gasteiger charge is -2.20. The Hall–Kier alpha value is -3.68. The summed E-state index contributed by atoms with van der Waals surface area (Å²) >= 11 is 0. The Labute approximate surface area is 155 Å². The highest BCUT2D eigenvalue weighted by Crippen LogP contribution is 2.27. The zero-order chi connectivity index (χ0) is 18.8. The van der Waals surface area contributed by atoms with Gasteiger partial charge in [0.1, 0.15) is 17.3 Å². The third-order valence-electron chi connectivity index (χ3n) is 4.09. The number of pyridine rings is 2. The average molecular weight is 361 g/mol. The molecule has 0 amide bonds. The first kappa shape index (κ1) is 16.8. The van der Waals surface area contributed by atoms with Crippen LogP contribution in [0, 0.1) is 12.7 Å². The van der Waals surface area contributed by atoms with E-state index >= 15 is 0 Å². The van der Waals surface area contributed by atoms with Gasteiger partial charge in [-0.05, 0) is 48.0 Å². The smallest absolute Gasteiger partial charge is 0.223 e. The highest BCUT2D eigenvalue weighted by molar-refractivity contribution is 5.64. The first-order chi connectivity index (χ1) is 13.1. The second kappa shape index (κ2) is 6.91.